The van der Waals surface area contributed by atoms with Crippen LogP contribution < -0.4 is 24.3 Å². The van der Waals surface area contributed by atoms with E-state index in [0.29, 0.717) is 22.8 Å². The average molecular weight is 413 g/mol. The zero-order valence-electron chi connectivity index (χ0n) is 16.7. The number of methoxy groups -OCH3 is 4. The van der Waals surface area contributed by atoms with E-state index in [4.69, 9.17) is 18.9 Å². The van der Waals surface area contributed by atoms with Gasteiger partial charge in [-0.3, -0.25) is 14.9 Å². The quantitative estimate of drug-likeness (QED) is 0.302. The molecule has 0 radical (unpaired) electrons. The fourth-order valence-electron chi connectivity index (χ4n) is 2.58. The van der Waals surface area contributed by atoms with Crippen LogP contribution in [0.15, 0.2) is 35.9 Å². The highest BCUT2D eigenvalue weighted by molar-refractivity contribution is 6.10. The molecular weight excluding hydrogens is 394 g/mol. The molecule has 0 saturated heterocycles. The van der Waals surface area contributed by atoms with E-state index < -0.39 is 10.8 Å². The summed E-state index contributed by atoms with van der Waals surface area (Å²) in [4.78, 5) is 23.2. The van der Waals surface area contributed by atoms with Gasteiger partial charge in [0.2, 0.25) is 5.75 Å². The number of hydrogen-bond donors (Lipinski definition) is 1. The summed E-state index contributed by atoms with van der Waals surface area (Å²) in [5, 5.41) is 23.1. The van der Waals surface area contributed by atoms with Gasteiger partial charge in [-0.2, -0.15) is 5.26 Å². The number of anilines is 1. The summed E-state index contributed by atoms with van der Waals surface area (Å²) in [6.45, 7) is 0. The van der Waals surface area contributed by atoms with Crippen LogP contribution in [0.4, 0.5) is 11.4 Å². The maximum absolute atomic E-state index is 12.6. The molecule has 0 aromatic heterocycles. The third-order valence-corrected chi connectivity index (χ3v) is 4.01. The second-order valence-corrected chi connectivity index (χ2v) is 5.72. The molecule has 0 unspecified atom stereocenters. The summed E-state index contributed by atoms with van der Waals surface area (Å²) >= 11 is 0. The van der Waals surface area contributed by atoms with E-state index in [-0.39, 0.29) is 22.7 Å². The summed E-state index contributed by atoms with van der Waals surface area (Å²) in [6, 6.07) is 8.85. The first-order valence-electron chi connectivity index (χ1n) is 8.44. The van der Waals surface area contributed by atoms with Crippen LogP contribution >= 0.6 is 0 Å². The van der Waals surface area contributed by atoms with Crippen molar-refractivity contribution in [1.29, 1.82) is 5.26 Å². The van der Waals surface area contributed by atoms with Gasteiger partial charge < -0.3 is 24.3 Å². The van der Waals surface area contributed by atoms with E-state index >= 15 is 0 Å². The lowest BCUT2D eigenvalue weighted by Gasteiger charge is -2.13. The Labute approximate surface area is 172 Å². The monoisotopic (exact) mass is 413 g/mol. The number of nitrogens with zero attached hydrogens (tertiary/aromatic N) is 2. The van der Waals surface area contributed by atoms with Crippen molar-refractivity contribution in [2.24, 2.45) is 0 Å². The lowest BCUT2D eigenvalue weighted by Crippen LogP contribution is -2.14. The molecule has 0 aliphatic heterocycles. The second-order valence-electron chi connectivity index (χ2n) is 5.72. The predicted octanol–water partition coefficient (Wildman–Crippen LogP) is 3.17. The van der Waals surface area contributed by atoms with E-state index in [1.165, 1.54) is 52.7 Å². The van der Waals surface area contributed by atoms with Gasteiger partial charge in [0.15, 0.2) is 11.5 Å². The minimum Gasteiger partial charge on any atom is -0.496 e. The first kappa shape index (κ1) is 22.0. The van der Waals surface area contributed by atoms with Crippen LogP contribution in [0.25, 0.3) is 6.08 Å². The van der Waals surface area contributed by atoms with Crippen molar-refractivity contribution in [3.05, 3.63) is 51.6 Å². The SMILES string of the molecule is COc1ccc(NC(=O)/C(C#N)=C/c2cc(OC)c(OC)c(OC)c2)c([N+](=O)[O-])c1. The molecule has 1 amide bonds. The highest BCUT2D eigenvalue weighted by Gasteiger charge is 2.20. The number of carbonyl (C=O) groups excluding carboxylic acids is 1. The number of nitro benzene ring substituents is 1. The van der Waals surface area contributed by atoms with E-state index in [0.717, 1.165) is 0 Å². The van der Waals surface area contributed by atoms with Gasteiger partial charge in [-0.05, 0) is 35.9 Å². The number of rotatable bonds is 8. The molecule has 156 valence electrons. The number of hydrogen-bond acceptors (Lipinski definition) is 8. The van der Waals surface area contributed by atoms with Crippen LogP contribution in [-0.2, 0) is 4.79 Å². The van der Waals surface area contributed by atoms with Crippen molar-refractivity contribution < 1.29 is 28.7 Å². The molecule has 0 aliphatic rings. The number of nitriles is 1. The molecule has 0 atom stereocenters. The van der Waals surface area contributed by atoms with Crippen molar-refractivity contribution >= 4 is 23.4 Å². The number of nitrogens with one attached hydrogen (secondary N) is 1. The number of ether oxygens (including phenoxy) is 4. The lowest BCUT2D eigenvalue weighted by molar-refractivity contribution is -0.384. The molecule has 0 spiro atoms. The van der Waals surface area contributed by atoms with Crippen LogP contribution in [0, 0.1) is 21.4 Å². The van der Waals surface area contributed by atoms with E-state index in [2.05, 4.69) is 5.32 Å². The molecule has 0 fully saturated rings. The Hall–Kier alpha value is -4.26. The summed E-state index contributed by atoms with van der Waals surface area (Å²) in [5.41, 5.74) is -0.292. The van der Waals surface area contributed by atoms with E-state index in [1.807, 2.05) is 0 Å². The molecule has 2 aromatic carbocycles. The Balaban J connectivity index is 2.41. The van der Waals surface area contributed by atoms with Gasteiger partial charge in [0.1, 0.15) is 23.1 Å². The molecule has 1 N–H and O–H groups in total. The number of carbonyl (C=O) groups is 1. The molecular formula is C20H19N3O7. The number of amides is 1. The molecule has 10 heteroatoms. The van der Waals surface area contributed by atoms with Crippen LogP contribution in [0.5, 0.6) is 23.0 Å². The van der Waals surface area contributed by atoms with Gasteiger partial charge in [-0.15, -0.1) is 0 Å². The van der Waals surface area contributed by atoms with Crippen molar-refractivity contribution in [2.45, 2.75) is 0 Å². The largest absolute Gasteiger partial charge is 0.496 e. The van der Waals surface area contributed by atoms with Gasteiger partial charge in [0, 0.05) is 0 Å². The third kappa shape index (κ3) is 4.77. The number of nitro groups is 1. The van der Waals surface area contributed by atoms with Gasteiger partial charge in [-0.25, -0.2) is 0 Å². The minimum atomic E-state index is -0.820. The first-order chi connectivity index (χ1) is 14.4. The van der Waals surface area contributed by atoms with E-state index in [9.17, 15) is 20.2 Å². The topological polar surface area (TPSA) is 133 Å². The molecule has 0 heterocycles. The Morgan fingerprint density at radius 1 is 1.07 bits per heavy atom. The maximum atomic E-state index is 12.6. The summed E-state index contributed by atoms with van der Waals surface area (Å²) in [7, 11) is 5.69. The Kier molecular flexibility index (Phi) is 7.19. The average Bonchev–Trinajstić information content (AvgIpc) is 2.76. The molecule has 2 rings (SSSR count). The third-order valence-electron chi connectivity index (χ3n) is 4.01. The number of benzene rings is 2. The van der Waals surface area contributed by atoms with Gasteiger partial charge >= 0.3 is 0 Å². The van der Waals surface area contributed by atoms with E-state index in [1.54, 1.807) is 18.2 Å². The fourth-order valence-corrected chi connectivity index (χ4v) is 2.58. The second kappa shape index (κ2) is 9.79. The molecule has 30 heavy (non-hydrogen) atoms. The molecule has 10 nitrogen and oxygen atoms in total. The Morgan fingerprint density at radius 3 is 2.17 bits per heavy atom. The molecule has 0 aliphatic carbocycles. The Bertz CT molecular complexity index is 1020. The molecule has 2 aromatic rings. The standard InChI is InChI=1S/C20H19N3O7/c1-27-14-5-6-15(16(10-14)23(25)26)22-20(24)13(11-21)7-12-8-17(28-2)19(30-4)18(9-12)29-3/h5-10H,1-4H3,(H,22,24)/b13-7+. The van der Waals surface area contributed by atoms with Crippen molar-refractivity contribution in [1.82, 2.24) is 0 Å². The minimum absolute atomic E-state index is 0.0724. The normalized spacial score (nSPS) is 10.6. The maximum Gasteiger partial charge on any atom is 0.296 e. The van der Waals surface area contributed by atoms with Crippen LogP contribution in [0.2, 0.25) is 0 Å². The lowest BCUT2D eigenvalue weighted by atomic mass is 10.1. The zero-order valence-corrected chi connectivity index (χ0v) is 16.7. The zero-order chi connectivity index (χ0) is 22.3. The van der Waals surface area contributed by atoms with Crippen molar-refractivity contribution in [2.75, 3.05) is 33.8 Å². The highest BCUT2D eigenvalue weighted by atomic mass is 16.6. The Morgan fingerprint density at radius 2 is 1.70 bits per heavy atom. The summed E-state index contributed by atoms with van der Waals surface area (Å²) in [6.07, 6.45) is 1.30. The smallest absolute Gasteiger partial charge is 0.296 e. The van der Waals surface area contributed by atoms with Gasteiger partial charge in [0.05, 0.1) is 39.4 Å². The molecule has 0 saturated carbocycles. The van der Waals surface area contributed by atoms with Crippen molar-refractivity contribution in [3.63, 3.8) is 0 Å². The van der Waals surface area contributed by atoms with Gasteiger partial charge in [-0.1, -0.05) is 0 Å². The summed E-state index contributed by atoms with van der Waals surface area (Å²) < 4.78 is 20.7. The predicted molar refractivity (Wildman–Crippen MR) is 108 cm³/mol. The highest BCUT2D eigenvalue weighted by Crippen LogP contribution is 2.38. The fraction of sp³-hybridized carbons (Fsp3) is 0.200. The van der Waals surface area contributed by atoms with Crippen LogP contribution in [0.3, 0.4) is 0 Å². The molecule has 0 bridgehead atoms. The van der Waals surface area contributed by atoms with Gasteiger partial charge in [0.25, 0.3) is 11.6 Å². The summed E-state index contributed by atoms with van der Waals surface area (Å²) in [5.74, 6) is 0.472. The van der Waals surface area contributed by atoms with Crippen LogP contribution in [-0.4, -0.2) is 39.3 Å². The van der Waals surface area contributed by atoms with Crippen LogP contribution in [0.1, 0.15) is 5.56 Å². The van der Waals surface area contributed by atoms with Crippen molar-refractivity contribution in [3.8, 4) is 29.1 Å². The first-order valence-corrected chi connectivity index (χ1v) is 8.44.